The first kappa shape index (κ1) is 28.7. The quantitative estimate of drug-likeness (QED) is 0.144. The number of nitrogen functional groups attached to an aromatic ring is 1. The third-order valence-corrected chi connectivity index (χ3v) is 7.69. The van der Waals surface area contributed by atoms with E-state index in [4.69, 9.17) is 27.5 Å². The van der Waals surface area contributed by atoms with Crippen molar-refractivity contribution in [2.45, 2.75) is 19.4 Å². The molecule has 0 atom stereocenters. The SMILES string of the molecule is COc1ccc(-c2cccc(C(=O)NCCc3cccc(Cl)c3)c2)c(C(=O)O)c1CN1CCc2cc(C(=N)N)ccc21. The number of carbonyl (C=O) groups excluding carboxylic acids is 1. The van der Waals surface area contributed by atoms with Crippen molar-refractivity contribution >= 4 is 35.0 Å². The Kier molecular flexibility index (Phi) is 8.45. The first-order chi connectivity index (χ1) is 20.2. The number of hydrogen-bond acceptors (Lipinski definition) is 5. The molecule has 9 heteroatoms. The molecule has 4 aromatic carbocycles. The number of benzene rings is 4. The van der Waals surface area contributed by atoms with Crippen molar-refractivity contribution in [1.82, 2.24) is 5.32 Å². The molecule has 0 saturated carbocycles. The molecule has 0 aromatic heterocycles. The van der Waals surface area contributed by atoms with Crippen LogP contribution < -0.4 is 20.7 Å². The van der Waals surface area contributed by atoms with Gasteiger partial charge in [-0.05, 0) is 89.7 Å². The number of methoxy groups -OCH3 is 1. The number of fused-ring (bicyclic) bond motifs is 1. The summed E-state index contributed by atoms with van der Waals surface area (Å²) in [6.45, 7) is 1.43. The highest BCUT2D eigenvalue weighted by atomic mass is 35.5. The van der Waals surface area contributed by atoms with E-state index in [1.807, 2.05) is 30.3 Å². The normalized spacial score (nSPS) is 12.1. The zero-order valence-corrected chi connectivity index (χ0v) is 23.9. The van der Waals surface area contributed by atoms with Crippen molar-refractivity contribution in [3.8, 4) is 16.9 Å². The summed E-state index contributed by atoms with van der Waals surface area (Å²) < 4.78 is 5.62. The fourth-order valence-corrected chi connectivity index (χ4v) is 5.61. The summed E-state index contributed by atoms with van der Waals surface area (Å²) in [5.74, 6) is -0.847. The molecule has 0 aliphatic carbocycles. The fraction of sp³-hybridized carbons (Fsp3) is 0.182. The number of amidine groups is 1. The average Bonchev–Trinajstić information content (AvgIpc) is 3.38. The van der Waals surface area contributed by atoms with Crippen LogP contribution in [0.1, 0.15) is 43.0 Å². The number of nitrogens with one attached hydrogen (secondary N) is 2. The number of rotatable bonds is 10. The van der Waals surface area contributed by atoms with Gasteiger partial charge in [0.05, 0.1) is 12.7 Å². The Morgan fingerprint density at radius 1 is 1.05 bits per heavy atom. The van der Waals surface area contributed by atoms with Gasteiger partial charge in [-0.3, -0.25) is 10.2 Å². The Hall–Kier alpha value is -4.82. The lowest BCUT2D eigenvalue weighted by molar-refractivity contribution is 0.0695. The van der Waals surface area contributed by atoms with Crippen LogP contribution in [0.25, 0.3) is 11.1 Å². The molecule has 0 saturated heterocycles. The number of carboxylic acids is 1. The van der Waals surface area contributed by atoms with E-state index >= 15 is 0 Å². The molecular formula is C33H31ClN4O4. The summed E-state index contributed by atoms with van der Waals surface area (Å²) in [5.41, 5.74) is 11.6. The second kappa shape index (κ2) is 12.4. The molecule has 0 fully saturated rings. The molecule has 0 bridgehead atoms. The summed E-state index contributed by atoms with van der Waals surface area (Å²) in [6.07, 6.45) is 1.39. The third-order valence-electron chi connectivity index (χ3n) is 7.46. The van der Waals surface area contributed by atoms with E-state index in [1.165, 1.54) is 7.11 Å². The molecule has 1 aliphatic rings. The number of carbonyl (C=O) groups is 2. The van der Waals surface area contributed by atoms with Crippen molar-refractivity contribution < 1.29 is 19.4 Å². The van der Waals surface area contributed by atoms with Crippen LogP contribution in [0.2, 0.25) is 5.02 Å². The Morgan fingerprint density at radius 2 is 1.86 bits per heavy atom. The standard InChI is InChI=1S/C33H31ClN4O4/c1-42-29-11-9-26(21-5-3-6-24(17-21)32(39)37-14-12-20-4-2-7-25(34)16-20)30(33(40)41)27(29)19-38-15-13-22-18-23(31(35)36)8-10-28(22)38/h2-11,16-18H,12-15,19H2,1H3,(H3,35,36)(H,37,39)(H,40,41). The van der Waals surface area contributed by atoms with Gasteiger partial charge < -0.3 is 25.8 Å². The largest absolute Gasteiger partial charge is 0.496 e. The minimum atomic E-state index is -1.08. The van der Waals surface area contributed by atoms with E-state index in [1.54, 1.807) is 48.5 Å². The molecule has 4 aromatic rings. The van der Waals surface area contributed by atoms with Crippen LogP contribution in [-0.2, 0) is 19.4 Å². The highest BCUT2D eigenvalue weighted by molar-refractivity contribution is 6.30. The third kappa shape index (κ3) is 6.09. The van der Waals surface area contributed by atoms with Gasteiger partial charge in [0.2, 0.25) is 0 Å². The smallest absolute Gasteiger partial charge is 0.336 e. The van der Waals surface area contributed by atoms with E-state index in [9.17, 15) is 14.7 Å². The molecular weight excluding hydrogens is 552 g/mol. The zero-order chi connectivity index (χ0) is 29.8. The second-order valence-electron chi connectivity index (χ2n) is 10.1. The lowest BCUT2D eigenvalue weighted by Crippen LogP contribution is -2.25. The number of halogens is 1. The molecule has 0 radical (unpaired) electrons. The highest BCUT2D eigenvalue weighted by Crippen LogP contribution is 2.37. The molecule has 0 unspecified atom stereocenters. The van der Waals surface area contributed by atoms with Gasteiger partial charge in [0.1, 0.15) is 11.6 Å². The molecule has 8 nitrogen and oxygen atoms in total. The molecule has 214 valence electrons. The van der Waals surface area contributed by atoms with Crippen molar-refractivity contribution in [2.24, 2.45) is 5.73 Å². The summed E-state index contributed by atoms with van der Waals surface area (Å²) in [7, 11) is 1.52. The number of carboxylic acid groups (broad SMARTS) is 1. The number of anilines is 1. The van der Waals surface area contributed by atoms with Crippen LogP contribution >= 0.6 is 11.6 Å². The van der Waals surface area contributed by atoms with Crippen LogP contribution in [-0.4, -0.2) is 43.0 Å². The van der Waals surface area contributed by atoms with Gasteiger partial charge in [0.15, 0.2) is 0 Å². The van der Waals surface area contributed by atoms with Crippen LogP contribution in [0, 0.1) is 5.41 Å². The second-order valence-corrected chi connectivity index (χ2v) is 10.6. The van der Waals surface area contributed by atoms with Gasteiger partial charge in [0, 0.05) is 47.0 Å². The number of ether oxygens (including phenoxy) is 1. The molecule has 1 amide bonds. The van der Waals surface area contributed by atoms with Gasteiger partial charge in [-0.25, -0.2) is 4.79 Å². The van der Waals surface area contributed by atoms with Gasteiger partial charge in [-0.15, -0.1) is 0 Å². The molecule has 5 rings (SSSR count). The van der Waals surface area contributed by atoms with E-state index in [-0.39, 0.29) is 17.3 Å². The lowest BCUT2D eigenvalue weighted by atomic mass is 9.93. The van der Waals surface area contributed by atoms with E-state index in [2.05, 4.69) is 10.2 Å². The maximum Gasteiger partial charge on any atom is 0.336 e. The molecule has 42 heavy (non-hydrogen) atoms. The Balaban J connectivity index is 1.42. The minimum Gasteiger partial charge on any atom is -0.496 e. The van der Waals surface area contributed by atoms with Gasteiger partial charge >= 0.3 is 5.97 Å². The number of amides is 1. The van der Waals surface area contributed by atoms with Gasteiger partial charge in [-0.1, -0.05) is 35.9 Å². The van der Waals surface area contributed by atoms with Crippen LogP contribution in [0.3, 0.4) is 0 Å². The van der Waals surface area contributed by atoms with Crippen molar-refractivity contribution in [1.29, 1.82) is 5.41 Å². The first-order valence-corrected chi connectivity index (χ1v) is 13.9. The van der Waals surface area contributed by atoms with Crippen LogP contribution in [0.4, 0.5) is 5.69 Å². The first-order valence-electron chi connectivity index (χ1n) is 13.5. The Bertz CT molecular complexity index is 1690. The molecule has 5 N–H and O–H groups in total. The average molecular weight is 583 g/mol. The van der Waals surface area contributed by atoms with E-state index in [0.717, 1.165) is 23.2 Å². The van der Waals surface area contributed by atoms with Crippen molar-refractivity contribution in [2.75, 3.05) is 25.1 Å². The zero-order valence-electron chi connectivity index (χ0n) is 23.1. The van der Waals surface area contributed by atoms with Crippen molar-refractivity contribution in [3.63, 3.8) is 0 Å². The number of nitrogens with two attached hydrogens (primary N) is 1. The lowest BCUT2D eigenvalue weighted by Gasteiger charge is -2.23. The Morgan fingerprint density at radius 3 is 2.60 bits per heavy atom. The molecule has 1 heterocycles. The van der Waals surface area contributed by atoms with E-state index in [0.29, 0.717) is 64.6 Å². The molecule has 1 aliphatic heterocycles. The monoisotopic (exact) mass is 582 g/mol. The summed E-state index contributed by atoms with van der Waals surface area (Å²) in [4.78, 5) is 27.8. The van der Waals surface area contributed by atoms with Crippen LogP contribution in [0.5, 0.6) is 5.75 Å². The fourth-order valence-electron chi connectivity index (χ4n) is 5.40. The number of nitrogens with zero attached hydrogens (tertiary/aromatic N) is 1. The topological polar surface area (TPSA) is 129 Å². The van der Waals surface area contributed by atoms with Crippen molar-refractivity contribution in [3.05, 3.63) is 117 Å². The highest BCUT2D eigenvalue weighted by Gasteiger charge is 2.26. The molecule has 0 spiro atoms. The summed E-state index contributed by atoms with van der Waals surface area (Å²) >= 11 is 6.06. The summed E-state index contributed by atoms with van der Waals surface area (Å²) in [6, 6.07) is 23.6. The maximum atomic E-state index is 13.0. The van der Waals surface area contributed by atoms with Crippen LogP contribution in [0.15, 0.2) is 78.9 Å². The maximum absolute atomic E-state index is 13.0. The predicted molar refractivity (Wildman–Crippen MR) is 165 cm³/mol. The van der Waals surface area contributed by atoms with Gasteiger partial charge in [0.25, 0.3) is 5.91 Å². The number of hydrogen-bond donors (Lipinski definition) is 4. The Labute approximate surface area is 249 Å². The van der Waals surface area contributed by atoms with Gasteiger partial charge in [-0.2, -0.15) is 0 Å². The van der Waals surface area contributed by atoms with E-state index < -0.39 is 5.97 Å². The predicted octanol–water partition coefficient (Wildman–Crippen LogP) is 5.53. The number of aromatic carboxylic acids is 1. The minimum absolute atomic E-state index is 0.0100. The summed E-state index contributed by atoms with van der Waals surface area (Å²) in [5, 5.41) is 21.7.